The molecule has 0 amide bonds. The van der Waals surface area contributed by atoms with Crippen molar-refractivity contribution in [3.63, 3.8) is 0 Å². The van der Waals surface area contributed by atoms with Crippen LogP contribution in [0.4, 0.5) is 0 Å². The monoisotopic (exact) mass is 232 g/mol. The lowest BCUT2D eigenvalue weighted by atomic mass is 10.1. The molecule has 0 spiro atoms. The maximum atomic E-state index is 9.85. The standard InChI is InChI=1S/C12H24O4/c1-12(14-2)16-10-8-6-4-3-5-7-9-15-11-13/h11-12H,3-10H2,1-2H3. The van der Waals surface area contributed by atoms with Crippen molar-refractivity contribution < 1.29 is 19.0 Å². The summed E-state index contributed by atoms with van der Waals surface area (Å²) in [5.74, 6) is 0. The zero-order valence-electron chi connectivity index (χ0n) is 10.4. The van der Waals surface area contributed by atoms with E-state index in [9.17, 15) is 4.79 Å². The molecule has 4 heteroatoms. The molecule has 0 aromatic rings. The molecular weight excluding hydrogens is 208 g/mol. The van der Waals surface area contributed by atoms with E-state index in [1.807, 2.05) is 6.92 Å². The molecule has 0 rings (SSSR count). The summed E-state index contributed by atoms with van der Waals surface area (Å²) in [6.45, 7) is 3.72. The third kappa shape index (κ3) is 11.5. The molecule has 0 radical (unpaired) electrons. The Kier molecular flexibility index (Phi) is 12.0. The maximum Gasteiger partial charge on any atom is 0.293 e. The molecule has 0 N–H and O–H groups in total. The summed E-state index contributed by atoms with van der Waals surface area (Å²) >= 11 is 0. The fourth-order valence-electron chi connectivity index (χ4n) is 1.36. The molecule has 0 aromatic carbocycles. The quantitative estimate of drug-likeness (QED) is 0.294. The Morgan fingerprint density at radius 3 is 2.12 bits per heavy atom. The van der Waals surface area contributed by atoms with Crippen molar-refractivity contribution in [3.05, 3.63) is 0 Å². The molecule has 0 fully saturated rings. The van der Waals surface area contributed by atoms with Gasteiger partial charge in [0.15, 0.2) is 6.29 Å². The molecule has 0 saturated heterocycles. The van der Waals surface area contributed by atoms with Crippen LogP contribution in [-0.4, -0.2) is 33.1 Å². The number of rotatable bonds is 12. The fourth-order valence-corrected chi connectivity index (χ4v) is 1.36. The highest BCUT2D eigenvalue weighted by molar-refractivity contribution is 5.36. The summed E-state index contributed by atoms with van der Waals surface area (Å²) in [7, 11) is 1.64. The Morgan fingerprint density at radius 2 is 1.56 bits per heavy atom. The Bertz CT molecular complexity index is 150. The van der Waals surface area contributed by atoms with Crippen molar-refractivity contribution in [1.82, 2.24) is 0 Å². The molecular formula is C12H24O4. The Balaban J connectivity index is 2.96. The molecule has 0 bridgehead atoms. The van der Waals surface area contributed by atoms with Crippen molar-refractivity contribution in [3.8, 4) is 0 Å². The number of carbonyl (C=O) groups excluding carboxylic acids is 1. The van der Waals surface area contributed by atoms with Crippen molar-refractivity contribution in [1.29, 1.82) is 0 Å². The first kappa shape index (κ1) is 15.4. The molecule has 0 aliphatic heterocycles. The molecule has 4 nitrogen and oxygen atoms in total. The summed E-state index contributed by atoms with van der Waals surface area (Å²) in [4.78, 5) is 9.85. The molecule has 0 aliphatic carbocycles. The smallest absolute Gasteiger partial charge is 0.293 e. The fraction of sp³-hybridized carbons (Fsp3) is 0.917. The summed E-state index contributed by atoms with van der Waals surface area (Å²) in [5, 5.41) is 0. The van der Waals surface area contributed by atoms with Gasteiger partial charge in [0.05, 0.1) is 6.61 Å². The van der Waals surface area contributed by atoms with E-state index in [1.54, 1.807) is 7.11 Å². The van der Waals surface area contributed by atoms with Crippen molar-refractivity contribution >= 4 is 6.47 Å². The molecule has 0 saturated carbocycles. The van der Waals surface area contributed by atoms with Crippen LogP contribution in [0, 0.1) is 0 Å². The van der Waals surface area contributed by atoms with Crippen LogP contribution in [0.1, 0.15) is 45.4 Å². The molecule has 96 valence electrons. The highest BCUT2D eigenvalue weighted by Crippen LogP contribution is 2.06. The zero-order valence-corrected chi connectivity index (χ0v) is 10.4. The lowest BCUT2D eigenvalue weighted by Crippen LogP contribution is -2.10. The second-order valence-corrected chi connectivity index (χ2v) is 3.76. The van der Waals surface area contributed by atoms with Gasteiger partial charge in [-0.1, -0.05) is 25.7 Å². The van der Waals surface area contributed by atoms with Crippen molar-refractivity contribution in [2.75, 3.05) is 20.3 Å². The van der Waals surface area contributed by atoms with Gasteiger partial charge in [0, 0.05) is 13.7 Å². The van der Waals surface area contributed by atoms with Crippen molar-refractivity contribution in [2.45, 2.75) is 51.7 Å². The highest BCUT2D eigenvalue weighted by atomic mass is 16.7. The highest BCUT2D eigenvalue weighted by Gasteiger charge is 1.97. The van der Waals surface area contributed by atoms with Gasteiger partial charge in [-0.2, -0.15) is 0 Å². The Morgan fingerprint density at radius 1 is 1.00 bits per heavy atom. The number of hydrogen-bond acceptors (Lipinski definition) is 4. The van der Waals surface area contributed by atoms with Gasteiger partial charge in [-0.25, -0.2) is 0 Å². The first-order valence-corrected chi connectivity index (χ1v) is 6.01. The average molecular weight is 232 g/mol. The minimum absolute atomic E-state index is 0.0968. The van der Waals surface area contributed by atoms with E-state index in [1.165, 1.54) is 19.3 Å². The second kappa shape index (κ2) is 12.5. The van der Waals surface area contributed by atoms with Crippen LogP contribution < -0.4 is 0 Å². The van der Waals surface area contributed by atoms with Gasteiger partial charge < -0.3 is 14.2 Å². The molecule has 1 unspecified atom stereocenters. The van der Waals surface area contributed by atoms with Crippen LogP contribution in [-0.2, 0) is 19.0 Å². The molecule has 16 heavy (non-hydrogen) atoms. The molecule has 0 aliphatic rings. The third-order valence-corrected chi connectivity index (χ3v) is 2.41. The van der Waals surface area contributed by atoms with Gasteiger partial charge in [0.1, 0.15) is 0 Å². The van der Waals surface area contributed by atoms with Crippen LogP contribution >= 0.6 is 0 Å². The molecule has 1 atom stereocenters. The summed E-state index contributed by atoms with van der Waals surface area (Å²) in [6, 6.07) is 0. The van der Waals surface area contributed by atoms with E-state index in [-0.39, 0.29) is 6.29 Å². The number of unbranched alkanes of at least 4 members (excludes halogenated alkanes) is 5. The van der Waals surface area contributed by atoms with Crippen LogP contribution in [0.5, 0.6) is 0 Å². The van der Waals surface area contributed by atoms with Crippen LogP contribution in [0.3, 0.4) is 0 Å². The Hall–Kier alpha value is -0.610. The Labute approximate surface area is 98.3 Å². The van der Waals surface area contributed by atoms with Gasteiger partial charge in [-0.05, 0) is 19.8 Å². The van der Waals surface area contributed by atoms with Gasteiger partial charge in [0.25, 0.3) is 6.47 Å². The van der Waals surface area contributed by atoms with Gasteiger partial charge in [0.2, 0.25) is 0 Å². The number of methoxy groups -OCH3 is 1. The van der Waals surface area contributed by atoms with Crippen LogP contribution in [0.2, 0.25) is 0 Å². The molecule has 0 aromatic heterocycles. The molecule has 0 heterocycles. The predicted molar refractivity (Wildman–Crippen MR) is 62.1 cm³/mol. The SMILES string of the molecule is COC(C)OCCCCCCCCOC=O. The third-order valence-electron chi connectivity index (χ3n) is 2.41. The topological polar surface area (TPSA) is 44.8 Å². The normalized spacial score (nSPS) is 12.4. The first-order valence-electron chi connectivity index (χ1n) is 6.01. The summed E-state index contributed by atoms with van der Waals surface area (Å²) < 4.78 is 14.9. The minimum Gasteiger partial charge on any atom is -0.468 e. The lowest BCUT2D eigenvalue weighted by Gasteiger charge is -2.10. The van der Waals surface area contributed by atoms with Gasteiger partial charge in [-0.15, -0.1) is 0 Å². The van der Waals surface area contributed by atoms with Crippen molar-refractivity contribution in [2.24, 2.45) is 0 Å². The first-order chi connectivity index (χ1) is 7.81. The zero-order chi connectivity index (χ0) is 12.1. The van der Waals surface area contributed by atoms with Gasteiger partial charge >= 0.3 is 0 Å². The summed E-state index contributed by atoms with van der Waals surface area (Å²) in [6.07, 6.45) is 6.68. The van der Waals surface area contributed by atoms with E-state index >= 15 is 0 Å². The maximum absolute atomic E-state index is 9.85. The minimum atomic E-state index is -0.0968. The van der Waals surface area contributed by atoms with E-state index in [4.69, 9.17) is 9.47 Å². The summed E-state index contributed by atoms with van der Waals surface area (Å²) in [5.41, 5.74) is 0. The number of ether oxygens (including phenoxy) is 3. The van der Waals surface area contributed by atoms with Crippen LogP contribution in [0.15, 0.2) is 0 Å². The van der Waals surface area contributed by atoms with Crippen LogP contribution in [0.25, 0.3) is 0 Å². The number of hydrogen-bond donors (Lipinski definition) is 0. The lowest BCUT2D eigenvalue weighted by molar-refractivity contribution is -0.128. The second-order valence-electron chi connectivity index (χ2n) is 3.76. The largest absolute Gasteiger partial charge is 0.468 e. The average Bonchev–Trinajstić information content (AvgIpc) is 2.31. The van der Waals surface area contributed by atoms with E-state index in [0.29, 0.717) is 13.1 Å². The predicted octanol–water partition coefficient (Wildman–Crippen LogP) is 2.51. The van der Waals surface area contributed by atoms with E-state index < -0.39 is 0 Å². The van der Waals surface area contributed by atoms with E-state index in [0.717, 1.165) is 25.9 Å². The van der Waals surface area contributed by atoms with Gasteiger partial charge in [-0.3, -0.25) is 4.79 Å². The number of carbonyl (C=O) groups is 1. The van der Waals surface area contributed by atoms with E-state index in [2.05, 4.69) is 4.74 Å².